The molecule has 0 atom stereocenters. The SMILES string of the molecule is CN(c1ccc(C(=O)O)c(Br)c1)c1ccccc1F. The number of hydrogen-bond donors (Lipinski definition) is 1. The van der Waals surface area contributed by atoms with E-state index in [0.29, 0.717) is 15.8 Å². The molecule has 0 aliphatic heterocycles. The lowest BCUT2D eigenvalue weighted by Gasteiger charge is -2.20. The van der Waals surface area contributed by atoms with Crippen LogP contribution >= 0.6 is 15.9 Å². The summed E-state index contributed by atoms with van der Waals surface area (Å²) in [6, 6.07) is 11.2. The zero-order chi connectivity index (χ0) is 14.0. The number of aromatic carboxylic acids is 1. The first-order valence-corrected chi connectivity index (χ1v) is 6.31. The van der Waals surface area contributed by atoms with E-state index in [-0.39, 0.29) is 11.4 Å². The van der Waals surface area contributed by atoms with Crippen molar-refractivity contribution in [2.75, 3.05) is 11.9 Å². The van der Waals surface area contributed by atoms with Gasteiger partial charge in [0.2, 0.25) is 0 Å². The average molecular weight is 324 g/mol. The minimum atomic E-state index is -1.01. The Morgan fingerprint density at radius 2 is 1.95 bits per heavy atom. The topological polar surface area (TPSA) is 40.5 Å². The highest BCUT2D eigenvalue weighted by molar-refractivity contribution is 9.10. The predicted molar refractivity (Wildman–Crippen MR) is 75.6 cm³/mol. The Bertz CT molecular complexity index is 631. The zero-order valence-corrected chi connectivity index (χ0v) is 11.7. The number of carboxylic acid groups (broad SMARTS) is 1. The number of carboxylic acids is 1. The summed E-state index contributed by atoms with van der Waals surface area (Å²) in [5.74, 6) is -1.34. The lowest BCUT2D eigenvalue weighted by atomic mass is 10.2. The van der Waals surface area contributed by atoms with Gasteiger partial charge in [0.05, 0.1) is 11.3 Å². The highest BCUT2D eigenvalue weighted by Crippen LogP contribution is 2.29. The third kappa shape index (κ3) is 2.76. The zero-order valence-electron chi connectivity index (χ0n) is 10.1. The molecule has 1 N–H and O–H groups in total. The van der Waals surface area contributed by atoms with Gasteiger partial charge < -0.3 is 10.0 Å². The van der Waals surface area contributed by atoms with Gasteiger partial charge in [0.1, 0.15) is 5.82 Å². The molecule has 3 nitrogen and oxygen atoms in total. The van der Waals surface area contributed by atoms with Gasteiger partial charge in [-0.2, -0.15) is 0 Å². The maximum absolute atomic E-state index is 13.7. The van der Waals surface area contributed by atoms with Gasteiger partial charge in [0, 0.05) is 17.2 Å². The van der Waals surface area contributed by atoms with E-state index < -0.39 is 5.97 Å². The molecular formula is C14H11BrFNO2. The fourth-order valence-corrected chi connectivity index (χ4v) is 2.29. The van der Waals surface area contributed by atoms with Crippen molar-refractivity contribution < 1.29 is 14.3 Å². The average Bonchev–Trinajstić information content (AvgIpc) is 2.38. The molecule has 0 fully saturated rings. The van der Waals surface area contributed by atoms with Crippen LogP contribution < -0.4 is 4.90 Å². The van der Waals surface area contributed by atoms with Crippen LogP contribution in [0.3, 0.4) is 0 Å². The number of anilines is 2. The maximum atomic E-state index is 13.7. The Labute approximate surface area is 118 Å². The summed E-state index contributed by atoms with van der Waals surface area (Å²) in [6.07, 6.45) is 0. The van der Waals surface area contributed by atoms with Gasteiger partial charge in [-0.15, -0.1) is 0 Å². The van der Waals surface area contributed by atoms with Crippen molar-refractivity contribution in [1.82, 2.24) is 0 Å². The van der Waals surface area contributed by atoms with Crippen molar-refractivity contribution >= 4 is 33.3 Å². The summed E-state index contributed by atoms with van der Waals surface area (Å²) in [6.45, 7) is 0. The third-order valence-corrected chi connectivity index (χ3v) is 3.44. The lowest BCUT2D eigenvalue weighted by molar-refractivity contribution is 0.0696. The number of hydrogen-bond acceptors (Lipinski definition) is 2. The smallest absolute Gasteiger partial charge is 0.336 e. The summed E-state index contributed by atoms with van der Waals surface area (Å²) < 4.78 is 14.1. The number of nitrogens with zero attached hydrogens (tertiary/aromatic N) is 1. The molecule has 19 heavy (non-hydrogen) atoms. The molecule has 0 aliphatic rings. The van der Waals surface area contributed by atoms with Crippen LogP contribution in [0.25, 0.3) is 0 Å². The summed E-state index contributed by atoms with van der Waals surface area (Å²) in [5, 5.41) is 8.95. The number of rotatable bonds is 3. The van der Waals surface area contributed by atoms with Crippen LogP contribution in [-0.2, 0) is 0 Å². The fourth-order valence-electron chi connectivity index (χ4n) is 1.75. The quantitative estimate of drug-likeness (QED) is 0.926. The number of halogens is 2. The predicted octanol–water partition coefficient (Wildman–Crippen LogP) is 4.05. The first-order chi connectivity index (χ1) is 9.00. The molecule has 0 spiro atoms. The highest BCUT2D eigenvalue weighted by atomic mass is 79.9. The molecule has 2 rings (SSSR count). The lowest BCUT2D eigenvalue weighted by Crippen LogP contribution is -2.11. The van der Waals surface area contributed by atoms with Crippen LogP contribution in [-0.4, -0.2) is 18.1 Å². The van der Waals surface area contributed by atoms with E-state index in [9.17, 15) is 9.18 Å². The Balaban J connectivity index is 2.40. The van der Waals surface area contributed by atoms with Crippen LogP contribution in [0.5, 0.6) is 0 Å². The number of para-hydroxylation sites is 1. The largest absolute Gasteiger partial charge is 0.478 e. The molecule has 0 aromatic heterocycles. The van der Waals surface area contributed by atoms with Crippen molar-refractivity contribution in [3.63, 3.8) is 0 Å². The second-order valence-corrected chi connectivity index (χ2v) is 4.83. The monoisotopic (exact) mass is 323 g/mol. The summed E-state index contributed by atoms with van der Waals surface area (Å²) in [5.41, 5.74) is 1.30. The van der Waals surface area contributed by atoms with Gasteiger partial charge in [-0.05, 0) is 46.3 Å². The van der Waals surface area contributed by atoms with Gasteiger partial charge >= 0.3 is 5.97 Å². The molecule has 0 saturated carbocycles. The maximum Gasteiger partial charge on any atom is 0.336 e. The van der Waals surface area contributed by atoms with Gasteiger partial charge in [0.15, 0.2) is 0 Å². The second-order valence-electron chi connectivity index (χ2n) is 3.98. The molecule has 5 heteroatoms. The molecule has 98 valence electrons. The van der Waals surface area contributed by atoms with E-state index >= 15 is 0 Å². The molecular weight excluding hydrogens is 313 g/mol. The normalized spacial score (nSPS) is 10.3. The fraction of sp³-hybridized carbons (Fsp3) is 0.0714. The van der Waals surface area contributed by atoms with Crippen LogP contribution in [0, 0.1) is 5.82 Å². The first kappa shape index (κ1) is 13.5. The van der Waals surface area contributed by atoms with Crippen LogP contribution in [0.15, 0.2) is 46.9 Å². The van der Waals surface area contributed by atoms with Crippen molar-refractivity contribution in [3.8, 4) is 0 Å². The van der Waals surface area contributed by atoms with Crippen molar-refractivity contribution in [2.24, 2.45) is 0 Å². The van der Waals surface area contributed by atoms with Gasteiger partial charge in [-0.25, -0.2) is 9.18 Å². The molecule has 0 heterocycles. The van der Waals surface area contributed by atoms with Crippen molar-refractivity contribution in [3.05, 3.63) is 58.3 Å². The third-order valence-electron chi connectivity index (χ3n) is 2.78. The summed E-state index contributed by atoms with van der Waals surface area (Å²) >= 11 is 3.21. The van der Waals surface area contributed by atoms with E-state index in [0.717, 1.165) is 0 Å². The Kier molecular flexibility index (Phi) is 3.85. The van der Waals surface area contributed by atoms with Crippen LogP contribution in [0.1, 0.15) is 10.4 Å². The van der Waals surface area contributed by atoms with Crippen LogP contribution in [0.2, 0.25) is 0 Å². The van der Waals surface area contributed by atoms with E-state index in [1.807, 2.05) is 0 Å². The van der Waals surface area contributed by atoms with E-state index in [1.165, 1.54) is 12.1 Å². The Morgan fingerprint density at radius 1 is 1.26 bits per heavy atom. The molecule has 0 amide bonds. The molecule has 2 aromatic rings. The van der Waals surface area contributed by atoms with E-state index in [2.05, 4.69) is 15.9 Å². The Morgan fingerprint density at radius 3 is 2.53 bits per heavy atom. The Hall–Kier alpha value is -1.88. The molecule has 0 saturated heterocycles. The highest BCUT2D eigenvalue weighted by Gasteiger charge is 2.13. The molecule has 0 radical (unpaired) electrons. The number of benzene rings is 2. The minimum absolute atomic E-state index is 0.172. The standard InChI is InChI=1S/C14H11BrFNO2/c1-17(13-5-3-2-4-12(13)16)9-6-7-10(14(18)19)11(15)8-9/h2-8H,1H3,(H,18,19). The summed E-state index contributed by atoms with van der Waals surface area (Å²) in [7, 11) is 1.72. The van der Waals surface area contributed by atoms with E-state index in [4.69, 9.17) is 5.11 Å². The first-order valence-electron chi connectivity index (χ1n) is 5.52. The van der Waals surface area contributed by atoms with Gasteiger partial charge in [-0.1, -0.05) is 12.1 Å². The number of carbonyl (C=O) groups is 1. The van der Waals surface area contributed by atoms with Crippen molar-refractivity contribution in [1.29, 1.82) is 0 Å². The van der Waals surface area contributed by atoms with Crippen LogP contribution in [0.4, 0.5) is 15.8 Å². The second kappa shape index (κ2) is 5.40. The van der Waals surface area contributed by atoms with Gasteiger partial charge in [0.25, 0.3) is 0 Å². The molecule has 0 unspecified atom stereocenters. The molecule has 0 aliphatic carbocycles. The molecule has 0 bridgehead atoms. The minimum Gasteiger partial charge on any atom is -0.478 e. The van der Waals surface area contributed by atoms with Crippen molar-refractivity contribution in [2.45, 2.75) is 0 Å². The molecule has 2 aromatic carbocycles. The van der Waals surface area contributed by atoms with E-state index in [1.54, 1.807) is 42.3 Å². The van der Waals surface area contributed by atoms with Gasteiger partial charge in [-0.3, -0.25) is 0 Å². The summed E-state index contributed by atoms with van der Waals surface area (Å²) in [4.78, 5) is 12.6.